The van der Waals surface area contributed by atoms with Crippen molar-refractivity contribution in [3.8, 4) is 0 Å². The van der Waals surface area contributed by atoms with Gasteiger partial charge in [-0.1, -0.05) is 27.7 Å². The van der Waals surface area contributed by atoms with Gasteiger partial charge in [0.25, 0.3) is 0 Å². The molecule has 0 bridgehead atoms. The molecule has 0 aromatic rings. The van der Waals surface area contributed by atoms with Crippen LogP contribution in [0.3, 0.4) is 0 Å². The van der Waals surface area contributed by atoms with Crippen molar-refractivity contribution < 1.29 is 4.74 Å². The molecule has 0 aliphatic carbocycles. The minimum Gasteiger partial charge on any atom is -0.375 e. The van der Waals surface area contributed by atoms with Crippen LogP contribution in [0.2, 0.25) is 0 Å². The second-order valence-electron chi connectivity index (χ2n) is 5.68. The molecule has 0 aromatic carbocycles. The summed E-state index contributed by atoms with van der Waals surface area (Å²) in [5, 5.41) is 0. The van der Waals surface area contributed by atoms with Crippen molar-refractivity contribution in [3.63, 3.8) is 0 Å². The summed E-state index contributed by atoms with van der Waals surface area (Å²) in [6.07, 6.45) is 6.39. The predicted molar refractivity (Wildman–Crippen MR) is 71.4 cm³/mol. The number of hydrogen-bond donors (Lipinski definition) is 0. The fourth-order valence-electron chi connectivity index (χ4n) is 2.80. The maximum atomic E-state index is 6.09. The van der Waals surface area contributed by atoms with Gasteiger partial charge in [-0.2, -0.15) is 0 Å². The molecule has 2 heteroatoms. The Bertz CT molecular complexity index is 148. The summed E-state index contributed by atoms with van der Waals surface area (Å²) in [7, 11) is 0. The van der Waals surface area contributed by atoms with E-state index in [2.05, 4.69) is 27.7 Å². The largest absolute Gasteiger partial charge is 0.375 e. The maximum absolute atomic E-state index is 6.09. The molecule has 1 fully saturated rings. The monoisotopic (exact) mass is 228 g/mol. The van der Waals surface area contributed by atoms with Gasteiger partial charge in [0.15, 0.2) is 17.4 Å². The lowest BCUT2D eigenvalue weighted by atomic mass is 9.80. The highest BCUT2D eigenvalue weighted by Crippen LogP contribution is 2.36. The van der Waals surface area contributed by atoms with Crippen LogP contribution in [-0.2, 0) is 4.74 Å². The van der Waals surface area contributed by atoms with E-state index in [1.807, 2.05) is 0 Å². The SMILES string of the molecule is CC(C)CC1(CC(C)C)CCCCO1.[AlH3]. The Kier molecular flexibility index (Phi) is 7.17. The molecule has 1 saturated heterocycles. The zero-order valence-electron chi connectivity index (χ0n) is 10.3. The van der Waals surface area contributed by atoms with Gasteiger partial charge < -0.3 is 4.74 Å². The Hall–Kier alpha value is 0.492. The average Bonchev–Trinajstić information content (AvgIpc) is 2.01. The molecule has 0 N–H and O–H groups in total. The van der Waals surface area contributed by atoms with E-state index >= 15 is 0 Å². The summed E-state index contributed by atoms with van der Waals surface area (Å²) < 4.78 is 6.09. The van der Waals surface area contributed by atoms with Gasteiger partial charge in [0.1, 0.15) is 0 Å². The first-order chi connectivity index (χ1) is 6.54. The van der Waals surface area contributed by atoms with Gasteiger partial charge in [-0.05, 0) is 43.9 Å². The Labute approximate surface area is 106 Å². The molecule has 0 unspecified atom stereocenters. The van der Waals surface area contributed by atoms with Crippen LogP contribution >= 0.6 is 0 Å². The molecule has 0 aromatic heterocycles. The molecule has 90 valence electrons. The van der Waals surface area contributed by atoms with Crippen LogP contribution < -0.4 is 0 Å². The topological polar surface area (TPSA) is 9.23 Å². The summed E-state index contributed by atoms with van der Waals surface area (Å²) in [5.74, 6) is 1.51. The molecule has 0 atom stereocenters. The van der Waals surface area contributed by atoms with E-state index in [4.69, 9.17) is 4.74 Å². The van der Waals surface area contributed by atoms with Crippen LogP contribution in [-0.4, -0.2) is 29.6 Å². The predicted octanol–water partition coefficient (Wildman–Crippen LogP) is 2.83. The molecular weight excluding hydrogens is 199 g/mol. The Morgan fingerprint density at radius 3 is 1.87 bits per heavy atom. The van der Waals surface area contributed by atoms with Gasteiger partial charge in [-0.3, -0.25) is 0 Å². The van der Waals surface area contributed by atoms with E-state index in [0.29, 0.717) is 0 Å². The van der Waals surface area contributed by atoms with Crippen molar-refractivity contribution in [2.75, 3.05) is 6.61 Å². The molecule has 15 heavy (non-hydrogen) atoms. The summed E-state index contributed by atoms with van der Waals surface area (Å²) in [4.78, 5) is 0. The standard InChI is InChI=1S/C13H26O.Al.3H/c1-11(2)9-13(10-12(3)4)7-5-6-8-14-13;;;;/h11-12H,5-10H2,1-4H3;;;;. The second kappa shape index (κ2) is 6.94. The van der Waals surface area contributed by atoms with E-state index < -0.39 is 0 Å². The number of ether oxygens (including phenoxy) is 1. The van der Waals surface area contributed by atoms with Crippen molar-refractivity contribution in [3.05, 3.63) is 0 Å². The minimum absolute atomic E-state index is 0. The molecule has 1 nitrogen and oxygen atoms in total. The van der Waals surface area contributed by atoms with Crippen LogP contribution in [0.15, 0.2) is 0 Å². The minimum atomic E-state index is 0. The second-order valence-corrected chi connectivity index (χ2v) is 5.68. The molecular formula is C13H29AlO. The van der Waals surface area contributed by atoms with E-state index in [9.17, 15) is 0 Å². The molecule has 1 aliphatic rings. The molecule has 0 amide bonds. The summed E-state index contributed by atoms with van der Waals surface area (Å²) in [6, 6.07) is 0. The Morgan fingerprint density at radius 2 is 1.53 bits per heavy atom. The van der Waals surface area contributed by atoms with Crippen molar-refractivity contribution >= 4 is 17.4 Å². The van der Waals surface area contributed by atoms with Gasteiger partial charge in [0.2, 0.25) is 0 Å². The summed E-state index contributed by atoms with van der Waals surface area (Å²) >= 11 is 0. The lowest BCUT2D eigenvalue weighted by Crippen LogP contribution is -2.38. The maximum Gasteiger partial charge on any atom is 0.187 e. The normalized spacial score (nSPS) is 20.4. The van der Waals surface area contributed by atoms with E-state index in [0.717, 1.165) is 18.4 Å². The van der Waals surface area contributed by atoms with Crippen molar-refractivity contribution in [1.82, 2.24) is 0 Å². The van der Waals surface area contributed by atoms with Crippen molar-refractivity contribution in [1.29, 1.82) is 0 Å². The fraction of sp³-hybridized carbons (Fsp3) is 1.00. The van der Waals surface area contributed by atoms with E-state index in [1.165, 1.54) is 32.1 Å². The Balaban J connectivity index is 0.00000196. The molecule has 1 rings (SSSR count). The third-order valence-electron chi connectivity index (χ3n) is 3.00. The molecule has 1 heterocycles. The summed E-state index contributed by atoms with van der Waals surface area (Å²) in [5.41, 5.74) is 0.223. The molecule has 0 radical (unpaired) electrons. The highest BCUT2D eigenvalue weighted by atomic mass is 27.0. The first kappa shape index (κ1) is 15.5. The average molecular weight is 228 g/mol. The van der Waals surface area contributed by atoms with Gasteiger partial charge >= 0.3 is 0 Å². The molecule has 1 aliphatic heterocycles. The van der Waals surface area contributed by atoms with Crippen LogP contribution in [0.4, 0.5) is 0 Å². The number of hydrogen-bond acceptors (Lipinski definition) is 1. The summed E-state index contributed by atoms with van der Waals surface area (Å²) in [6.45, 7) is 10.2. The first-order valence-corrected chi connectivity index (χ1v) is 6.18. The van der Waals surface area contributed by atoms with Crippen LogP contribution in [0, 0.1) is 11.8 Å². The number of rotatable bonds is 4. The van der Waals surface area contributed by atoms with Crippen LogP contribution in [0.25, 0.3) is 0 Å². The lowest BCUT2D eigenvalue weighted by Gasteiger charge is -2.40. The van der Waals surface area contributed by atoms with Crippen LogP contribution in [0.1, 0.15) is 59.8 Å². The first-order valence-electron chi connectivity index (χ1n) is 6.18. The highest BCUT2D eigenvalue weighted by molar-refractivity contribution is 5.75. The van der Waals surface area contributed by atoms with Gasteiger partial charge in [0, 0.05) is 6.61 Å². The van der Waals surface area contributed by atoms with Gasteiger partial charge in [-0.25, -0.2) is 0 Å². The van der Waals surface area contributed by atoms with E-state index in [1.54, 1.807) is 0 Å². The third-order valence-corrected chi connectivity index (χ3v) is 3.00. The zero-order valence-corrected chi connectivity index (χ0v) is 10.3. The fourth-order valence-corrected chi connectivity index (χ4v) is 2.80. The van der Waals surface area contributed by atoms with Gasteiger partial charge in [-0.15, -0.1) is 0 Å². The highest BCUT2D eigenvalue weighted by Gasteiger charge is 2.34. The zero-order chi connectivity index (χ0) is 10.6. The molecule has 0 spiro atoms. The molecule has 0 saturated carbocycles. The smallest absolute Gasteiger partial charge is 0.187 e. The van der Waals surface area contributed by atoms with Crippen molar-refractivity contribution in [2.45, 2.75) is 65.4 Å². The van der Waals surface area contributed by atoms with Crippen molar-refractivity contribution in [2.24, 2.45) is 11.8 Å². The quantitative estimate of drug-likeness (QED) is 0.672. The Morgan fingerprint density at radius 1 is 1.00 bits per heavy atom. The lowest BCUT2D eigenvalue weighted by molar-refractivity contribution is -0.102. The van der Waals surface area contributed by atoms with Gasteiger partial charge in [0.05, 0.1) is 5.60 Å². The third kappa shape index (κ3) is 5.39. The van der Waals surface area contributed by atoms with E-state index in [-0.39, 0.29) is 23.0 Å². The van der Waals surface area contributed by atoms with Crippen LogP contribution in [0.5, 0.6) is 0 Å².